The van der Waals surface area contributed by atoms with Gasteiger partial charge < -0.3 is 5.11 Å². The molecule has 0 amide bonds. The predicted octanol–water partition coefficient (Wildman–Crippen LogP) is 2.34. The molecule has 0 aromatic heterocycles. The van der Waals surface area contributed by atoms with E-state index in [0.29, 0.717) is 11.8 Å². The minimum atomic E-state index is 0.411. The standard InChI is InChI=1S/C14H19NO/c1-10-3-2-6-15(10)13-7-11-4-5-14(16)9-12(11)8-13/h4-5,9-10,13,16H,2-3,6-8H2,1H3/t10-,13-/m0/s1. The second kappa shape index (κ2) is 3.77. The highest BCUT2D eigenvalue weighted by molar-refractivity contribution is 5.39. The fourth-order valence-corrected chi connectivity index (χ4v) is 3.31. The van der Waals surface area contributed by atoms with Crippen LogP contribution in [0, 0.1) is 0 Å². The molecular weight excluding hydrogens is 198 g/mol. The zero-order valence-electron chi connectivity index (χ0n) is 9.82. The summed E-state index contributed by atoms with van der Waals surface area (Å²) in [6.07, 6.45) is 4.98. The van der Waals surface area contributed by atoms with Gasteiger partial charge in [0.15, 0.2) is 0 Å². The van der Waals surface area contributed by atoms with Crippen molar-refractivity contribution in [3.8, 4) is 5.75 Å². The summed E-state index contributed by atoms with van der Waals surface area (Å²) in [5.74, 6) is 0.411. The fourth-order valence-electron chi connectivity index (χ4n) is 3.31. The maximum atomic E-state index is 9.49. The molecule has 86 valence electrons. The van der Waals surface area contributed by atoms with Crippen molar-refractivity contribution < 1.29 is 5.11 Å². The number of phenolic OH excluding ortho intramolecular Hbond substituents is 1. The highest BCUT2D eigenvalue weighted by Crippen LogP contribution is 2.31. The Hall–Kier alpha value is -1.02. The van der Waals surface area contributed by atoms with Crippen molar-refractivity contribution in [1.29, 1.82) is 0 Å². The Labute approximate surface area is 96.9 Å². The number of hydrogen-bond donors (Lipinski definition) is 1. The molecular formula is C14H19NO. The number of aromatic hydroxyl groups is 1. The zero-order chi connectivity index (χ0) is 11.1. The van der Waals surface area contributed by atoms with Crippen molar-refractivity contribution in [3.63, 3.8) is 0 Å². The van der Waals surface area contributed by atoms with Crippen LogP contribution in [-0.4, -0.2) is 28.6 Å². The minimum absolute atomic E-state index is 0.411. The third-order valence-corrected chi connectivity index (χ3v) is 4.17. The molecule has 2 atom stereocenters. The van der Waals surface area contributed by atoms with E-state index in [2.05, 4.69) is 17.9 Å². The Morgan fingerprint density at radius 1 is 1.25 bits per heavy atom. The monoisotopic (exact) mass is 217 g/mol. The molecule has 3 rings (SSSR count). The van der Waals surface area contributed by atoms with Gasteiger partial charge in [0.25, 0.3) is 0 Å². The first-order chi connectivity index (χ1) is 7.74. The molecule has 1 saturated heterocycles. The molecule has 0 bridgehead atoms. The Balaban J connectivity index is 1.80. The van der Waals surface area contributed by atoms with E-state index in [4.69, 9.17) is 0 Å². The van der Waals surface area contributed by atoms with Crippen molar-refractivity contribution in [2.75, 3.05) is 6.54 Å². The van der Waals surface area contributed by atoms with Gasteiger partial charge in [-0.05, 0) is 62.4 Å². The van der Waals surface area contributed by atoms with Gasteiger partial charge in [-0.1, -0.05) is 6.07 Å². The molecule has 1 aromatic rings. The molecule has 1 fully saturated rings. The van der Waals surface area contributed by atoms with Crippen LogP contribution in [0.5, 0.6) is 5.75 Å². The van der Waals surface area contributed by atoms with Gasteiger partial charge in [-0.3, -0.25) is 4.90 Å². The number of rotatable bonds is 1. The van der Waals surface area contributed by atoms with Crippen LogP contribution in [0.2, 0.25) is 0 Å². The zero-order valence-corrected chi connectivity index (χ0v) is 9.82. The van der Waals surface area contributed by atoms with E-state index in [1.807, 2.05) is 12.1 Å². The van der Waals surface area contributed by atoms with Gasteiger partial charge in [0.1, 0.15) is 5.75 Å². The molecule has 2 heteroatoms. The lowest BCUT2D eigenvalue weighted by Gasteiger charge is -2.27. The van der Waals surface area contributed by atoms with Crippen LogP contribution in [0.4, 0.5) is 0 Å². The highest BCUT2D eigenvalue weighted by Gasteiger charge is 2.32. The summed E-state index contributed by atoms with van der Waals surface area (Å²) in [7, 11) is 0. The van der Waals surface area contributed by atoms with Crippen LogP contribution in [-0.2, 0) is 12.8 Å². The van der Waals surface area contributed by atoms with Crippen molar-refractivity contribution in [3.05, 3.63) is 29.3 Å². The second-order valence-electron chi connectivity index (χ2n) is 5.24. The third kappa shape index (κ3) is 1.61. The van der Waals surface area contributed by atoms with E-state index in [1.54, 1.807) is 0 Å². The molecule has 0 saturated carbocycles. The van der Waals surface area contributed by atoms with Crippen LogP contribution in [0.25, 0.3) is 0 Å². The number of likely N-dealkylation sites (tertiary alicyclic amines) is 1. The summed E-state index contributed by atoms with van der Waals surface area (Å²) in [6, 6.07) is 7.26. The molecule has 16 heavy (non-hydrogen) atoms. The SMILES string of the molecule is C[C@H]1CCCN1[C@H]1Cc2ccc(O)cc2C1. The van der Waals surface area contributed by atoms with Crippen LogP contribution in [0.1, 0.15) is 30.9 Å². The van der Waals surface area contributed by atoms with E-state index < -0.39 is 0 Å². The quantitative estimate of drug-likeness (QED) is 0.780. The van der Waals surface area contributed by atoms with Gasteiger partial charge in [-0.2, -0.15) is 0 Å². The van der Waals surface area contributed by atoms with Crippen LogP contribution < -0.4 is 0 Å². The molecule has 1 N–H and O–H groups in total. The maximum absolute atomic E-state index is 9.49. The normalized spacial score (nSPS) is 29.6. The van der Waals surface area contributed by atoms with Crippen LogP contribution >= 0.6 is 0 Å². The molecule has 2 aliphatic rings. The summed E-state index contributed by atoms with van der Waals surface area (Å²) < 4.78 is 0. The van der Waals surface area contributed by atoms with Gasteiger partial charge in [-0.25, -0.2) is 0 Å². The van der Waals surface area contributed by atoms with Crippen LogP contribution in [0.15, 0.2) is 18.2 Å². The number of benzene rings is 1. The molecule has 0 radical (unpaired) electrons. The molecule has 1 aromatic carbocycles. The topological polar surface area (TPSA) is 23.5 Å². The Morgan fingerprint density at radius 2 is 2.06 bits per heavy atom. The molecule has 1 heterocycles. The third-order valence-electron chi connectivity index (χ3n) is 4.17. The van der Waals surface area contributed by atoms with Crippen molar-refractivity contribution in [1.82, 2.24) is 4.90 Å². The van der Waals surface area contributed by atoms with E-state index in [1.165, 1.54) is 36.9 Å². The summed E-state index contributed by atoms with van der Waals surface area (Å²) in [5, 5.41) is 9.49. The van der Waals surface area contributed by atoms with Crippen molar-refractivity contribution in [2.45, 2.75) is 44.7 Å². The predicted molar refractivity (Wildman–Crippen MR) is 64.7 cm³/mol. The van der Waals surface area contributed by atoms with Gasteiger partial charge >= 0.3 is 0 Å². The number of nitrogens with zero attached hydrogens (tertiary/aromatic N) is 1. The number of phenols is 1. The molecule has 0 unspecified atom stereocenters. The highest BCUT2D eigenvalue weighted by atomic mass is 16.3. The number of fused-ring (bicyclic) bond motifs is 1. The first kappa shape index (κ1) is 10.2. The largest absolute Gasteiger partial charge is 0.508 e. The lowest BCUT2D eigenvalue weighted by atomic mass is 10.1. The molecule has 1 aliphatic carbocycles. The lowest BCUT2D eigenvalue weighted by molar-refractivity contribution is 0.195. The minimum Gasteiger partial charge on any atom is -0.508 e. The Kier molecular flexibility index (Phi) is 2.40. The summed E-state index contributed by atoms with van der Waals surface area (Å²) in [6.45, 7) is 3.60. The van der Waals surface area contributed by atoms with Crippen LogP contribution in [0.3, 0.4) is 0 Å². The van der Waals surface area contributed by atoms with Gasteiger partial charge in [-0.15, -0.1) is 0 Å². The van der Waals surface area contributed by atoms with E-state index in [0.717, 1.165) is 12.5 Å². The lowest BCUT2D eigenvalue weighted by Crippen LogP contribution is -2.38. The van der Waals surface area contributed by atoms with Gasteiger partial charge in [0.05, 0.1) is 0 Å². The van der Waals surface area contributed by atoms with Crippen molar-refractivity contribution in [2.24, 2.45) is 0 Å². The summed E-state index contributed by atoms with van der Waals surface area (Å²) in [4.78, 5) is 2.65. The number of hydrogen-bond acceptors (Lipinski definition) is 2. The Morgan fingerprint density at radius 3 is 2.81 bits per heavy atom. The molecule has 1 aliphatic heterocycles. The fraction of sp³-hybridized carbons (Fsp3) is 0.571. The summed E-state index contributed by atoms with van der Waals surface area (Å²) >= 11 is 0. The Bertz CT molecular complexity index is 402. The average Bonchev–Trinajstić information content (AvgIpc) is 2.82. The average molecular weight is 217 g/mol. The van der Waals surface area contributed by atoms with E-state index in [9.17, 15) is 5.11 Å². The first-order valence-electron chi connectivity index (χ1n) is 6.30. The first-order valence-corrected chi connectivity index (χ1v) is 6.30. The van der Waals surface area contributed by atoms with Gasteiger partial charge in [0, 0.05) is 12.1 Å². The smallest absolute Gasteiger partial charge is 0.115 e. The van der Waals surface area contributed by atoms with E-state index in [-0.39, 0.29) is 0 Å². The molecule has 2 nitrogen and oxygen atoms in total. The summed E-state index contributed by atoms with van der Waals surface area (Å²) in [5.41, 5.74) is 2.78. The van der Waals surface area contributed by atoms with E-state index >= 15 is 0 Å². The molecule has 0 spiro atoms. The van der Waals surface area contributed by atoms with Gasteiger partial charge in [0.2, 0.25) is 0 Å². The maximum Gasteiger partial charge on any atom is 0.115 e. The van der Waals surface area contributed by atoms with Crippen molar-refractivity contribution >= 4 is 0 Å². The second-order valence-corrected chi connectivity index (χ2v) is 5.24.